The minimum absolute atomic E-state index is 0.129. The maximum Gasteiger partial charge on any atom is 0.420 e. The van der Waals surface area contributed by atoms with Crippen LogP contribution in [0.25, 0.3) is 11.1 Å². The van der Waals surface area contributed by atoms with Crippen LogP contribution in [-0.4, -0.2) is 14.8 Å². The van der Waals surface area contributed by atoms with Crippen molar-refractivity contribution in [2.24, 2.45) is 5.73 Å². The second kappa shape index (κ2) is 6.27. The lowest BCUT2D eigenvalue weighted by molar-refractivity contribution is 0.332. The van der Waals surface area contributed by atoms with Gasteiger partial charge < -0.3 is 14.6 Å². The van der Waals surface area contributed by atoms with E-state index in [-0.39, 0.29) is 6.54 Å². The van der Waals surface area contributed by atoms with Gasteiger partial charge in [-0.1, -0.05) is 42.5 Å². The minimum Gasteiger partial charge on any atom is -0.421 e. The van der Waals surface area contributed by atoms with E-state index in [9.17, 15) is 4.79 Å². The van der Waals surface area contributed by atoms with Gasteiger partial charge in [0, 0.05) is 0 Å². The molecule has 0 fully saturated rings. The number of rotatable bonds is 5. The number of para-hydroxylation sites is 2. The normalized spacial score (nSPS) is 13.8. The van der Waals surface area contributed by atoms with Gasteiger partial charge in [-0.2, -0.15) is 0 Å². The van der Waals surface area contributed by atoms with E-state index in [4.69, 9.17) is 14.6 Å². The monoisotopic (exact) mass is 350 g/mol. The summed E-state index contributed by atoms with van der Waals surface area (Å²) < 4.78 is 12.4. The summed E-state index contributed by atoms with van der Waals surface area (Å²) >= 11 is 0. The number of benzene rings is 2. The Kier molecular flexibility index (Phi) is 3.93. The van der Waals surface area contributed by atoms with Crippen LogP contribution in [-0.2, 0) is 18.5 Å². The molecule has 0 aliphatic carbocycles. The molecular weight excluding hydrogens is 332 g/mol. The maximum atomic E-state index is 12.1. The molecule has 7 heteroatoms. The first-order valence-corrected chi connectivity index (χ1v) is 8.27. The van der Waals surface area contributed by atoms with Crippen molar-refractivity contribution in [1.82, 2.24) is 14.8 Å². The van der Waals surface area contributed by atoms with E-state index >= 15 is 0 Å². The smallest absolute Gasteiger partial charge is 0.420 e. The third-order valence-corrected chi connectivity index (χ3v) is 4.24. The Labute approximate surface area is 149 Å². The van der Waals surface area contributed by atoms with Crippen LogP contribution in [0, 0.1) is 0 Å². The maximum absolute atomic E-state index is 12.1. The van der Waals surface area contributed by atoms with Crippen molar-refractivity contribution in [3.05, 3.63) is 82.5 Å². The van der Waals surface area contributed by atoms with Gasteiger partial charge >= 0.3 is 5.76 Å². The predicted molar refractivity (Wildman–Crippen MR) is 95.6 cm³/mol. The summed E-state index contributed by atoms with van der Waals surface area (Å²) in [7, 11) is 0. The van der Waals surface area contributed by atoms with Gasteiger partial charge in [-0.05, 0) is 31.0 Å². The fourth-order valence-corrected chi connectivity index (χ4v) is 2.94. The first-order chi connectivity index (χ1) is 12.5. The van der Waals surface area contributed by atoms with Gasteiger partial charge in [-0.3, -0.25) is 4.57 Å². The molecule has 0 saturated heterocycles. The molecule has 0 amide bonds. The summed E-state index contributed by atoms with van der Waals surface area (Å²) in [6, 6.07) is 17.1. The molecule has 26 heavy (non-hydrogen) atoms. The molecule has 0 radical (unpaired) electrons. The van der Waals surface area contributed by atoms with Gasteiger partial charge in [-0.15, -0.1) is 10.2 Å². The zero-order valence-electron chi connectivity index (χ0n) is 14.3. The van der Waals surface area contributed by atoms with Crippen LogP contribution in [0.5, 0.6) is 0 Å². The van der Waals surface area contributed by atoms with Crippen molar-refractivity contribution in [1.29, 1.82) is 0 Å². The van der Waals surface area contributed by atoms with Crippen LogP contribution in [0.3, 0.4) is 0 Å². The molecule has 0 unspecified atom stereocenters. The van der Waals surface area contributed by atoms with Crippen molar-refractivity contribution in [3.8, 4) is 0 Å². The molecule has 0 spiro atoms. The van der Waals surface area contributed by atoms with E-state index in [2.05, 4.69) is 10.2 Å². The second-order valence-corrected chi connectivity index (χ2v) is 6.50. The fourth-order valence-electron chi connectivity index (χ4n) is 2.94. The quantitative estimate of drug-likeness (QED) is 0.593. The highest BCUT2D eigenvalue weighted by Crippen LogP contribution is 2.22. The lowest BCUT2D eigenvalue weighted by Crippen LogP contribution is -2.35. The standard InChI is InChI=1S/C19H18N4O3/c1-19(20,11-13-7-3-2-4-8-13)17-22-21-16(26-17)12-23-14-9-5-6-10-15(14)25-18(23)24/h2-10H,11-12,20H2,1H3/t19-/m1/s1. The van der Waals surface area contributed by atoms with Gasteiger partial charge in [0.05, 0.1) is 11.1 Å². The summed E-state index contributed by atoms with van der Waals surface area (Å²) in [4.78, 5) is 12.1. The van der Waals surface area contributed by atoms with Gasteiger partial charge in [-0.25, -0.2) is 4.79 Å². The molecule has 0 saturated carbocycles. The predicted octanol–water partition coefficient (Wildman–Crippen LogP) is 2.44. The van der Waals surface area contributed by atoms with Gasteiger partial charge in [0.25, 0.3) is 0 Å². The SMILES string of the molecule is C[C@@](N)(Cc1ccccc1)c1nnc(Cn2c(=O)oc3ccccc32)o1. The Morgan fingerprint density at radius 1 is 1.04 bits per heavy atom. The highest BCUT2D eigenvalue weighted by atomic mass is 16.4. The molecular formula is C19H18N4O3. The van der Waals surface area contributed by atoms with E-state index in [1.807, 2.05) is 49.4 Å². The molecule has 1 atom stereocenters. The van der Waals surface area contributed by atoms with Crippen molar-refractivity contribution in [3.63, 3.8) is 0 Å². The van der Waals surface area contributed by atoms with Crippen LogP contribution in [0.2, 0.25) is 0 Å². The average molecular weight is 350 g/mol. The van der Waals surface area contributed by atoms with E-state index in [0.717, 1.165) is 5.56 Å². The Morgan fingerprint density at radius 3 is 2.58 bits per heavy atom. The van der Waals surface area contributed by atoms with Crippen molar-refractivity contribution in [2.45, 2.75) is 25.4 Å². The average Bonchev–Trinajstić information content (AvgIpc) is 3.22. The van der Waals surface area contributed by atoms with Crippen molar-refractivity contribution < 1.29 is 8.83 Å². The molecule has 2 N–H and O–H groups in total. The molecule has 7 nitrogen and oxygen atoms in total. The number of oxazole rings is 1. The van der Waals surface area contributed by atoms with Crippen LogP contribution >= 0.6 is 0 Å². The number of hydrogen-bond donors (Lipinski definition) is 1. The van der Waals surface area contributed by atoms with E-state index in [0.29, 0.717) is 29.3 Å². The lowest BCUT2D eigenvalue weighted by atomic mass is 9.94. The Bertz CT molecular complexity index is 1090. The second-order valence-electron chi connectivity index (χ2n) is 6.50. The number of hydrogen-bond acceptors (Lipinski definition) is 6. The minimum atomic E-state index is -0.809. The topological polar surface area (TPSA) is 100 Å². The number of nitrogens with two attached hydrogens (primary N) is 1. The number of nitrogens with zero attached hydrogens (tertiary/aromatic N) is 3. The van der Waals surface area contributed by atoms with E-state index < -0.39 is 11.3 Å². The Balaban J connectivity index is 1.59. The lowest BCUT2D eigenvalue weighted by Gasteiger charge is -2.20. The first-order valence-electron chi connectivity index (χ1n) is 8.27. The molecule has 4 rings (SSSR count). The van der Waals surface area contributed by atoms with E-state index in [1.54, 1.807) is 12.1 Å². The summed E-state index contributed by atoms with van der Waals surface area (Å²) in [6.07, 6.45) is 0.560. The summed E-state index contributed by atoms with van der Waals surface area (Å²) in [5.41, 5.74) is 7.86. The van der Waals surface area contributed by atoms with Crippen LogP contribution in [0.15, 0.2) is 68.2 Å². The van der Waals surface area contributed by atoms with Crippen LogP contribution in [0.4, 0.5) is 0 Å². The Morgan fingerprint density at radius 2 is 1.77 bits per heavy atom. The zero-order chi connectivity index (χ0) is 18.1. The molecule has 2 heterocycles. The first kappa shape index (κ1) is 16.3. The zero-order valence-corrected chi connectivity index (χ0v) is 14.3. The van der Waals surface area contributed by atoms with Gasteiger partial charge in [0.1, 0.15) is 6.54 Å². The molecule has 2 aromatic heterocycles. The highest BCUT2D eigenvalue weighted by molar-refractivity contribution is 5.72. The van der Waals surface area contributed by atoms with Gasteiger partial charge in [0.15, 0.2) is 5.58 Å². The van der Waals surface area contributed by atoms with Crippen molar-refractivity contribution in [2.75, 3.05) is 0 Å². The van der Waals surface area contributed by atoms with E-state index in [1.165, 1.54) is 4.57 Å². The third-order valence-electron chi connectivity index (χ3n) is 4.24. The number of fused-ring (bicyclic) bond motifs is 1. The number of aromatic nitrogens is 3. The molecule has 0 bridgehead atoms. The molecule has 2 aromatic carbocycles. The van der Waals surface area contributed by atoms with Crippen molar-refractivity contribution >= 4 is 11.1 Å². The van der Waals surface area contributed by atoms with Gasteiger partial charge in [0.2, 0.25) is 11.8 Å². The molecule has 0 aliphatic rings. The Hall–Kier alpha value is -3.19. The summed E-state index contributed by atoms with van der Waals surface area (Å²) in [5, 5.41) is 8.14. The summed E-state index contributed by atoms with van der Waals surface area (Å²) in [5.74, 6) is 0.168. The molecule has 0 aliphatic heterocycles. The highest BCUT2D eigenvalue weighted by Gasteiger charge is 2.28. The molecule has 4 aromatic rings. The fraction of sp³-hybridized carbons (Fsp3) is 0.211. The molecule has 132 valence electrons. The largest absolute Gasteiger partial charge is 0.421 e. The summed E-state index contributed by atoms with van der Waals surface area (Å²) in [6.45, 7) is 1.97. The third kappa shape index (κ3) is 3.04. The van der Waals surface area contributed by atoms with Crippen LogP contribution in [0.1, 0.15) is 24.3 Å². The van der Waals surface area contributed by atoms with Crippen LogP contribution < -0.4 is 11.5 Å².